The number of aliphatic hydroxyl groups excluding tert-OH is 1. The molecule has 0 heterocycles. The minimum atomic E-state index is -3.80. The Morgan fingerprint density at radius 3 is 2.56 bits per heavy atom. The summed E-state index contributed by atoms with van der Waals surface area (Å²) in [6.45, 7) is 1.24. The molecular weight excluding hydrogens is 258 g/mol. The number of rotatable bonds is 5. The van der Waals surface area contributed by atoms with E-state index in [4.69, 9.17) is 10.2 Å². The van der Waals surface area contributed by atoms with Gasteiger partial charge in [0.05, 0.1) is 17.1 Å². The van der Waals surface area contributed by atoms with Gasteiger partial charge in [0.15, 0.2) is 0 Å². The highest BCUT2D eigenvalue weighted by Gasteiger charge is 2.25. The molecule has 0 bridgehead atoms. The molecule has 0 saturated carbocycles. The van der Waals surface area contributed by atoms with E-state index in [1.54, 1.807) is 6.92 Å². The van der Waals surface area contributed by atoms with Gasteiger partial charge in [-0.05, 0) is 25.1 Å². The van der Waals surface area contributed by atoms with Gasteiger partial charge in [-0.15, -0.1) is 0 Å². The van der Waals surface area contributed by atoms with E-state index in [0.29, 0.717) is 0 Å². The Bertz CT molecular complexity index is 540. The minimum Gasteiger partial charge on any atom is -0.478 e. The van der Waals surface area contributed by atoms with E-state index in [0.717, 1.165) is 10.4 Å². The van der Waals surface area contributed by atoms with Crippen LogP contribution in [0.5, 0.6) is 0 Å². The number of hydrogen-bond donors (Lipinski definition) is 2. The number of carboxylic acid groups (broad SMARTS) is 1. The lowest BCUT2D eigenvalue weighted by molar-refractivity contribution is 0.0696. The van der Waals surface area contributed by atoms with Crippen molar-refractivity contribution in [3.63, 3.8) is 0 Å². The molecular formula is C11H15NO5S. The van der Waals surface area contributed by atoms with Crippen LogP contribution in [0.2, 0.25) is 0 Å². The lowest BCUT2D eigenvalue weighted by atomic mass is 10.2. The molecule has 0 amide bonds. The predicted octanol–water partition coefficient (Wildman–Crippen LogP) is 0.386. The van der Waals surface area contributed by atoms with E-state index in [2.05, 4.69) is 0 Å². The molecule has 0 spiro atoms. The van der Waals surface area contributed by atoms with Crippen LogP contribution in [-0.2, 0) is 10.0 Å². The summed E-state index contributed by atoms with van der Waals surface area (Å²) in [6, 6.07) is 4.52. The van der Waals surface area contributed by atoms with Crippen molar-refractivity contribution in [3.05, 3.63) is 29.8 Å². The first-order chi connectivity index (χ1) is 8.30. The van der Waals surface area contributed by atoms with Crippen LogP contribution in [0, 0.1) is 0 Å². The number of aliphatic hydroxyl groups is 1. The molecule has 7 heteroatoms. The van der Waals surface area contributed by atoms with Gasteiger partial charge in [-0.25, -0.2) is 13.2 Å². The SMILES string of the molecule is CC(CO)N(C)S(=O)(=O)c1cccc(C(=O)O)c1. The highest BCUT2D eigenvalue weighted by molar-refractivity contribution is 7.89. The Balaban J connectivity index is 3.20. The summed E-state index contributed by atoms with van der Waals surface area (Å²) in [5.74, 6) is -1.19. The third-order valence-corrected chi connectivity index (χ3v) is 4.61. The van der Waals surface area contributed by atoms with E-state index in [9.17, 15) is 13.2 Å². The zero-order valence-electron chi connectivity index (χ0n) is 10.1. The van der Waals surface area contributed by atoms with Crippen LogP contribution < -0.4 is 0 Å². The van der Waals surface area contributed by atoms with Crippen LogP contribution in [0.4, 0.5) is 0 Å². The third-order valence-electron chi connectivity index (χ3n) is 2.64. The summed E-state index contributed by atoms with van der Waals surface area (Å²) in [6.07, 6.45) is 0. The quantitative estimate of drug-likeness (QED) is 0.809. The largest absolute Gasteiger partial charge is 0.478 e. The number of carbonyl (C=O) groups is 1. The number of hydrogen-bond acceptors (Lipinski definition) is 4. The van der Waals surface area contributed by atoms with Crippen molar-refractivity contribution in [1.29, 1.82) is 0 Å². The number of sulfonamides is 1. The molecule has 0 aromatic heterocycles. The van der Waals surface area contributed by atoms with Crippen molar-refractivity contribution in [1.82, 2.24) is 4.31 Å². The summed E-state index contributed by atoms with van der Waals surface area (Å²) < 4.78 is 25.3. The topological polar surface area (TPSA) is 94.9 Å². The Morgan fingerprint density at radius 2 is 2.06 bits per heavy atom. The number of nitrogens with zero attached hydrogens (tertiary/aromatic N) is 1. The molecule has 100 valence electrons. The van der Waals surface area contributed by atoms with Crippen molar-refractivity contribution in [3.8, 4) is 0 Å². The van der Waals surface area contributed by atoms with E-state index in [-0.39, 0.29) is 17.1 Å². The van der Waals surface area contributed by atoms with Gasteiger partial charge in [0.1, 0.15) is 0 Å². The molecule has 1 atom stereocenters. The van der Waals surface area contributed by atoms with Crippen LogP contribution in [0.3, 0.4) is 0 Å². The lowest BCUT2D eigenvalue weighted by Crippen LogP contribution is -2.37. The summed E-state index contributed by atoms with van der Waals surface area (Å²) in [7, 11) is -2.46. The average Bonchev–Trinajstić information content (AvgIpc) is 2.36. The van der Waals surface area contributed by atoms with Crippen LogP contribution in [-0.4, -0.2) is 48.6 Å². The maximum Gasteiger partial charge on any atom is 0.335 e. The molecule has 0 aliphatic carbocycles. The normalized spacial score (nSPS) is 13.6. The molecule has 1 unspecified atom stereocenters. The maximum absolute atomic E-state index is 12.1. The Morgan fingerprint density at radius 1 is 1.44 bits per heavy atom. The fourth-order valence-corrected chi connectivity index (χ4v) is 2.71. The number of benzene rings is 1. The molecule has 1 rings (SSSR count). The molecule has 0 fully saturated rings. The molecule has 0 radical (unpaired) electrons. The van der Waals surface area contributed by atoms with Crippen molar-refractivity contribution in [2.75, 3.05) is 13.7 Å². The molecule has 0 aliphatic heterocycles. The molecule has 0 saturated heterocycles. The number of likely N-dealkylation sites (N-methyl/N-ethyl adjacent to an activating group) is 1. The van der Waals surface area contributed by atoms with E-state index < -0.39 is 22.0 Å². The number of aromatic carboxylic acids is 1. The zero-order valence-corrected chi connectivity index (χ0v) is 10.9. The summed E-state index contributed by atoms with van der Waals surface area (Å²) >= 11 is 0. The predicted molar refractivity (Wildman–Crippen MR) is 64.9 cm³/mol. The first kappa shape index (κ1) is 14.6. The average molecular weight is 273 g/mol. The molecule has 1 aromatic rings. The minimum absolute atomic E-state index is 0.0962. The molecule has 1 aromatic carbocycles. The van der Waals surface area contributed by atoms with E-state index in [1.165, 1.54) is 25.2 Å². The van der Waals surface area contributed by atoms with Gasteiger partial charge in [0.2, 0.25) is 10.0 Å². The fraction of sp³-hybridized carbons (Fsp3) is 0.364. The van der Waals surface area contributed by atoms with E-state index in [1.807, 2.05) is 0 Å². The third kappa shape index (κ3) is 2.87. The molecule has 18 heavy (non-hydrogen) atoms. The van der Waals surface area contributed by atoms with Gasteiger partial charge in [0.25, 0.3) is 0 Å². The first-order valence-electron chi connectivity index (χ1n) is 5.23. The van der Waals surface area contributed by atoms with Crippen molar-refractivity contribution >= 4 is 16.0 Å². The van der Waals surface area contributed by atoms with Gasteiger partial charge in [-0.3, -0.25) is 0 Å². The highest BCUT2D eigenvalue weighted by atomic mass is 32.2. The summed E-state index contributed by atoms with van der Waals surface area (Å²) in [5.41, 5.74) is -0.0962. The molecule has 2 N–H and O–H groups in total. The van der Waals surface area contributed by atoms with Crippen LogP contribution in [0.25, 0.3) is 0 Å². The standard InChI is InChI=1S/C11H15NO5S/c1-8(7-13)12(2)18(16,17)10-5-3-4-9(6-10)11(14)15/h3-6,8,13H,7H2,1-2H3,(H,14,15). The summed E-state index contributed by atoms with van der Waals surface area (Å²) in [5, 5.41) is 17.8. The highest BCUT2D eigenvalue weighted by Crippen LogP contribution is 2.17. The summed E-state index contributed by atoms with van der Waals surface area (Å²) in [4.78, 5) is 10.7. The van der Waals surface area contributed by atoms with Crippen LogP contribution in [0.1, 0.15) is 17.3 Å². The fourth-order valence-electron chi connectivity index (χ4n) is 1.31. The maximum atomic E-state index is 12.1. The second-order valence-corrected chi connectivity index (χ2v) is 5.88. The zero-order chi connectivity index (χ0) is 13.9. The van der Waals surface area contributed by atoms with Crippen LogP contribution in [0.15, 0.2) is 29.2 Å². The van der Waals surface area contributed by atoms with Gasteiger partial charge >= 0.3 is 5.97 Å². The Kier molecular flexibility index (Phi) is 4.44. The van der Waals surface area contributed by atoms with Crippen molar-refractivity contribution in [2.45, 2.75) is 17.9 Å². The van der Waals surface area contributed by atoms with Crippen molar-refractivity contribution in [2.24, 2.45) is 0 Å². The van der Waals surface area contributed by atoms with Gasteiger partial charge < -0.3 is 10.2 Å². The Labute approximate surface area is 106 Å². The van der Waals surface area contributed by atoms with Crippen molar-refractivity contribution < 1.29 is 23.4 Å². The second kappa shape index (κ2) is 5.47. The van der Waals surface area contributed by atoms with Gasteiger partial charge in [0, 0.05) is 13.1 Å². The second-order valence-electron chi connectivity index (χ2n) is 3.89. The molecule has 6 nitrogen and oxygen atoms in total. The first-order valence-corrected chi connectivity index (χ1v) is 6.67. The van der Waals surface area contributed by atoms with Gasteiger partial charge in [-0.2, -0.15) is 4.31 Å². The van der Waals surface area contributed by atoms with Crippen LogP contribution >= 0.6 is 0 Å². The van der Waals surface area contributed by atoms with Gasteiger partial charge in [-0.1, -0.05) is 6.07 Å². The Hall–Kier alpha value is -1.44. The number of carboxylic acids is 1. The smallest absolute Gasteiger partial charge is 0.335 e. The monoisotopic (exact) mass is 273 g/mol. The van der Waals surface area contributed by atoms with E-state index >= 15 is 0 Å². The molecule has 0 aliphatic rings. The lowest BCUT2D eigenvalue weighted by Gasteiger charge is -2.22.